The summed E-state index contributed by atoms with van der Waals surface area (Å²) >= 11 is 0. The number of para-hydroxylation sites is 1. The Morgan fingerprint density at radius 2 is 1.73 bits per heavy atom. The van der Waals surface area contributed by atoms with Gasteiger partial charge in [0.2, 0.25) is 0 Å². The van der Waals surface area contributed by atoms with E-state index in [1.807, 2.05) is 12.3 Å². The van der Waals surface area contributed by atoms with E-state index in [1.54, 1.807) is 0 Å². The maximum absolute atomic E-state index is 5.90. The first-order valence-corrected chi connectivity index (χ1v) is 11.1. The van der Waals surface area contributed by atoms with Crippen molar-refractivity contribution in [3.05, 3.63) is 53.8 Å². The number of rotatable bonds is 6. The number of hydrogen-bond donors (Lipinski definition) is 0. The first kappa shape index (κ1) is 19.3. The summed E-state index contributed by atoms with van der Waals surface area (Å²) in [6, 6.07) is 12.5. The molecular formula is C25H30N2O3. The average Bonchev–Trinajstić information content (AvgIpc) is 3.21. The summed E-state index contributed by atoms with van der Waals surface area (Å²) in [7, 11) is 0. The lowest BCUT2D eigenvalue weighted by Crippen LogP contribution is -2.46. The Labute approximate surface area is 178 Å². The van der Waals surface area contributed by atoms with Crippen LogP contribution in [-0.2, 0) is 6.42 Å². The van der Waals surface area contributed by atoms with Gasteiger partial charge in [0.1, 0.15) is 18.8 Å². The van der Waals surface area contributed by atoms with Crippen LogP contribution in [0.4, 0.5) is 5.69 Å². The molecule has 2 aliphatic heterocycles. The molecule has 0 unspecified atom stereocenters. The quantitative estimate of drug-likeness (QED) is 0.557. The van der Waals surface area contributed by atoms with Gasteiger partial charge in [-0.1, -0.05) is 18.2 Å². The van der Waals surface area contributed by atoms with Crippen molar-refractivity contribution in [3.8, 4) is 11.5 Å². The number of piperazine rings is 1. The Bertz CT molecular complexity index is 1000. The molecule has 3 aromatic rings. The van der Waals surface area contributed by atoms with Crippen molar-refractivity contribution in [1.82, 2.24) is 4.90 Å². The van der Waals surface area contributed by atoms with E-state index < -0.39 is 0 Å². The number of hydrogen-bond acceptors (Lipinski definition) is 5. The monoisotopic (exact) mass is 406 g/mol. The van der Waals surface area contributed by atoms with E-state index in [4.69, 9.17) is 13.9 Å². The van der Waals surface area contributed by atoms with Crippen LogP contribution in [0.5, 0.6) is 11.5 Å². The van der Waals surface area contributed by atoms with E-state index in [0.29, 0.717) is 13.2 Å². The lowest BCUT2D eigenvalue weighted by atomic mass is 10.0. The van der Waals surface area contributed by atoms with E-state index in [0.717, 1.165) is 56.2 Å². The Morgan fingerprint density at radius 1 is 0.900 bits per heavy atom. The molecule has 5 nitrogen and oxygen atoms in total. The fourth-order valence-corrected chi connectivity index (χ4v) is 4.70. The van der Waals surface area contributed by atoms with E-state index in [9.17, 15) is 0 Å². The highest BCUT2D eigenvalue weighted by atomic mass is 16.6. The average molecular weight is 407 g/mol. The molecule has 158 valence electrons. The molecule has 2 aromatic carbocycles. The predicted octanol–water partition coefficient (Wildman–Crippen LogP) is 4.66. The largest absolute Gasteiger partial charge is 0.486 e. The first-order chi connectivity index (χ1) is 14.8. The van der Waals surface area contributed by atoms with Gasteiger partial charge in [0.05, 0.1) is 12.0 Å². The van der Waals surface area contributed by atoms with Crippen LogP contribution >= 0.6 is 0 Å². The van der Waals surface area contributed by atoms with E-state index in [1.165, 1.54) is 35.0 Å². The first-order valence-electron chi connectivity index (χ1n) is 11.1. The number of nitrogens with zero attached hydrogens (tertiary/aromatic N) is 2. The van der Waals surface area contributed by atoms with Crippen LogP contribution < -0.4 is 14.4 Å². The zero-order valence-electron chi connectivity index (χ0n) is 17.7. The van der Waals surface area contributed by atoms with Gasteiger partial charge in [0, 0.05) is 31.6 Å². The second-order valence-electron chi connectivity index (χ2n) is 8.30. The molecule has 0 amide bonds. The Hall–Kier alpha value is -2.66. The molecule has 0 N–H and O–H groups in total. The summed E-state index contributed by atoms with van der Waals surface area (Å²) in [5.41, 5.74) is 4.85. The Balaban J connectivity index is 1.11. The van der Waals surface area contributed by atoms with Gasteiger partial charge < -0.3 is 18.8 Å². The zero-order valence-corrected chi connectivity index (χ0v) is 17.7. The molecule has 0 aliphatic carbocycles. The molecule has 30 heavy (non-hydrogen) atoms. The van der Waals surface area contributed by atoms with Gasteiger partial charge >= 0.3 is 0 Å². The lowest BCUT2D eigenvalue weighted by molar-refractivity contribution is 0.171. The fraction of sp³-hybridized carbons (Fsp3) is 0.440. The second-order valence-corrected chi connectivity index (χ2v) is 8.30. The van der Waals surface area contributed by atoms with Crippen molar-refractivity contribution in [3.63, 3.8) is 0 Å². The topological polar surface area (TPSA) is 38.1 Å². The SMILES string of the molecule is Cc1cccc2occ(CCCCN3CCN(c4cccc5c4OCCO5)CC3)c12. The van der Waals surface area contributed by atoms with E-state index in [2.05, 4.69) is 47.1 Å². The molecule has 5 heteroatoms. The van der Waals surface area contributed by atoms with Crippen LogP contribution in [0.25, 0.3) is 11.0 Å². The van der Waals surface area contributed by atoms with Crippen molar-refractivity contribution in [2.75, 3.05) is 50.8 Å². The molecule has 3 heterocycles. The minimum Gasteiger partial charge on any atom is -0.486 e. The number of aryl methyl sites for hydroxylation is 2. The molecule has 2 aliphatic rings. The molecule has 1 saturated heterocycles. The van der Waals surface area contributed by atoms with Gasteiger partial charge in [-0.15, -0.1) is 0 Å². The molecule has 1 aromatic heterocycles. The molecule has 0 saturated carbocycles. The molecular weight excluding hydrogens is 376 g/mol. The number of ether oxygens (including phenoxy) is 2. The van der Waals surface area contributed by atoms with Crippen molar-refractivity contribution >= 4 is 16.7 Å². The highest BCUT2D eigenvalue weighted by Gasteiger charge is 2.23. The van der Waals surface area contributed by atoms with Crippen molar-refractivity contribution < 1.29 is 13.9 Å². The lowest BCUT2D eigenvalue weighted by Gasteiger charge is -2.37. The summed E-state index contributed by atoms with van der Waals surface area (Å²) in [6.07, 6.45) is 5.45. The number of unbranched alkanes of at least 4 members (excludes halogenated alkanes) is 1. The maximum atomic E-state index is 5.90. The smallest absolute Gasteiger partial charge is 0.184 e. The molecule has 0 atom stereocenters. The standard InChI is InChI=1S/C25H30N2O3/c1-19-6-4-9-22-24(19)20(18-30-22)7-2-3-11-26-12-14-27(15-13-26)21-8-5-10-23-25(21)29-17-16-28-23/h4-6,8-10,18H,2-3,7,11-17H2,1H3. The van der Waals surface area contributed by atoms with Gasteiger partial charge in [0.15, 0.2) is 11.5 Å². The zero-order chi connectivity index (χ0) is 20.3. The molecule has 0 bridgehead atoms. The van der Waals surface area contributed by atoms with Crippen molar-refractivity contribution in [1.29, 1.82) is 0 Å². The molecule has 0 radical (unpaired) electrons. The summed E-state index contributed by atoms with van der Waals surface area (Å²) in [6.45, 7) is 8.86. The Morgan fingerprint density at radius 3 is 2.63 bits per heavy atom. The normalized spacial score (nSPS) is 16.9. The molecule has 0 spiro atoms. The van der Waals surface area contributed by atoms with Gasteiger partial charge in [0.25, 0.3) is 0 Å². The molecule has 5 rings (SSSR count). The maximum Gasteiger partial charge on any atom is 0.184 e. The van der Waals surface area contributed by atoms with Crippen LogP contribution in [0.1, 0.15) is 24.0 Å². The summed E-state index contributed by atoms with van der Waals surface area (Å²) < 4.78 is 17.4. The minimum atomic E-state index is 0.634. The second kappa shape index (κ2) is 8.60. The summed E-state index contributed by atoms with van der Waals surface area (Å²) in [5, 5.41) is 1.31. The predicted molar refractivity (Wildman–Crippen MR) is 120 cm³/mol. The third-order valence-electron chi connectivity index (χ3n) is 6.31. The number of benzene rings is 2. The summed E-state index contributed by atoms with van der Waals surface area (Å²) in [5.74, 6) is 1.79. The molecule has 1 fully saturated rings. The number of fused-ring (bicyclic) bond motifs is 2. The number of anilines is 1. The third-order valence-corrected chi connectivity index (χ3v) is 6.31. The minimum absolute atomic E-state index is 0.634. The summed E-state index contributed by atoms with van der Waals surface area (Å²) in [4.78, 5) is 5.02. The van der Waals surface area contributed by atoms with Gasteiger partial charge in [-0.2, -0.15) is 0 Å². The van der Waals surface area contributed by atoms with Crippen LogP contribution in [0, 0.1) is 6.92 Å². The van der Waals surface area contributed by atoms with Crippen LogP contribution in [0.15, 0.2) is 47.1 Å². The van der Waals surface area contributed by atoms with E-state index >= 15 is 0 Å². The van der Waals surface area contributed by atoms with Crippen molar-refractivity contribution in [2.45, 2.75) is 26.2 Å². The third kappa shape index (κ3) is 3.86. The fourth-order valence-electron chi connectivity index (χ4n) is 4.70. The Kier molecular flexibility index (Phi) is 5.54. The van der Waals surface area contributed by atoms with Crippen molar-refractivity contribution in [2.24, 2.45) is 0 Å². The van der Waals surface area contributed by atoms with Gasteiger partial charge in [-0.25, -0.2) is 0 Å². The van der Waals surface area contributed by atoms with Crippen LogP contribution in [0.3, 0.4) is 0 Å². The highest BCUT2D eigenvalue weighted by Crippen LogP contribution is 2.39. The van der Waals surface area contributed by atoms with E-state index in [-0.39, 0.29) is 0 Å². The van der Waals surface area contributed by atoms with Crippen LogP contribution in [0.2, 0.25) is 0 Å². The van der Waals surface area contributed by atoms with Crippen LogP contribution in [-0.4, -0.2) is 50.8 Å². The number of furan rings is 1. The van der Waals surface area contributed by atoms with Gasteiger partial charge in [-0.3, -0.25) is 4.90 Å². The van der Waals surface area contributed by atoms with Gasteiger partial charge in [-0.05, 0) is 62.1 Å². The highest BCUT2D eigenvalue weighted by molar-refractivity contribution is 5.84.